The standard InChI is InChI=1S/C14H19F2NO2/c15-13-3-2-12(10-14(13)16)19-9-1-6-17-7-4-11(18)5-8-17/h2-3,10-11,18H,1,4-9H2. The Bertz CT molecular complexity index is 406. The molecule has 0 spiro atoms. The highest BCUT2D eigenvalue weighted by Gasteiger charge is 2.16. The lowest BCUT2D eigenvalue weighted by Gasteiger charge is -2.29. The molecule has 0 amide bonds. The number of aliphatic hydroxyl groups is 1. The molecule has 1 heterocycles. The van der Waals surface area contributed by atoms with Crippen LogP contribution in [0.25, 0.3) is 0 Å². The molecule has 0 aromatic heterocycles. The van der Waals surface area contributed by atoms with Crippen LogP contribution < -0.4 is 4.74 Å². The Morgan fingerprint density at radius 1 is 1.21 bits per heavy atom. The van der Waals surface area contributed by atoms with Gasteiger partial charge in [0.05, 0.1) is 12.7 Å². The number of rotatable bonds is 5. The third kappa shape index (κ3) is 4.44. The summed E-state index contributed by atoms with van der Waals surface area (Å²) in [6, 6.07) is 3.55. The zero-order valence-corrected chi connectivity index (χ0v) is 10.8. The highest BCUT2D eigenvalue weighted by Crippen LogP contribution is 2.16. The fourth-order valence-electron chi connectivity index (χ4n) is 2.19. The maximum atomic E-state index is 12.9. The summed E-state index contributed by atoms with van der Waals surface area (Å²) in [6.07, 6.45) is 2.32. The molecule has 1 saturated heterocycles. The molecular weight excluding hydrogens is 252 g/mol. The van der Waals surface area contributed by atoms with E-state index in [-0.39, 0.29) is 6.10 Å². The maximum absolute atomic E-state index is 12.9. The van der Waals surface area contributed by atoms with Gasteiger partial charge in [0.25, 0.3) is 0 Å². The second-order valence-electron chi connectivity index (χ2n) is 4.85. The van der Waals surface area contributed by atoms with Crippen molar-refractivity contribution in [3.05, 3.63) is 29.8 Å². The second kappa shape index (κ2) is 6.82. The summed E-state index contributed by atoms with van der Waals surface area (Å²) < 4.78 is 31.0. The smallest absolute Gasteiger partial charge is 0.162 e. The molecule has 0 unspecified atom stereocenters. The minimum atomic E-state index is -0.887. The van der Waals surface area contributed by atoms with Crippen LogP contribution in [0.5, 0.6) is 5.75 Å². The van der Waals surface area contributed by atoms with Crippen LogP contribution in [0, 0.1) is 11.6 Å². The number of hydrogen-bond acceptors (Lipinski definition) is 3. The van der Waals surface area contributed by atoms with Gasteiger partial charge in [-0.1, -0.05) is 0 Å². The molecule has 19 heavy (non-hydrogen) atoms. The van der Waals surface area contributed by atoms with Gasteiger partial charge in [-0.05, 0) is 31.4 Å². The molecule has 5 heteroatoms. The Hall–Kier alpha value is -1.20. The number of piperidine rings is 1. The molecule has 106 valence electrons. The molecule has 1 aromatic rings. The maximum Gasteiger partial charge on any atom is 0.162 e. The molecular formula is C14H19F2NO2. The fraction of sp³-hybridized carbons (Fsp3) is 0.571. The number of likely N-dealkylation sites (tertiary alicyclic amines) is 1. The Morgan fingerprint density at radius 2 is 1.95 bits per heavy atom. The largest absolute Gasteiger partial charge is 0.493 e. The zero-order chi connectivity index (χ0) is 13.7. The van der Waals surface area contributed by atoms with E-state index in [2.05, 4.69) is 4.90 Å². The summed E-state index contributed by atoms with van der Waals surface area (Å²) in [7, 11) is 0. The van der Waals surface area contributed by atoms with E-state index in [4.69, 9.17) is 4.74 Å². The first kappa shape index (κ1) is 14.2. The van der Waals surface area contributed by atoms with Gasteiger partial charge in [0, 0.05) is 25.7 Å². The minimum absolute atomic E-state index is 0.158. The SMILES string of the molecule is OC1CCN(CCCOc2ccc(F)c(F)c2)CC1. The first-order chi connectivity index (χ1) is 9.15. The number of hydrogen-bond donors (Lipinski definition) is 1. The molecule has 0 aliphatic carbocycles. The van der Waals surface area contributed by atoms with E-state index in [9.17, 15) is 13.9 Å². The lowest BCUT2D eigenvalue weighted by atomic mass is 10.1. The Morgan fingerprint density at radius 3 is 2.63 bits per heavy atom. The van der Waals surface area contributed by atoms with E-state index in [1.807, 2.05) is 0 Å². The van der Waals surface area contributed by atoms with E-state index < -0.39 is 11.6 Å². The lowest BCUT2D eigenvalue weighted by molar-refractivity contribution is 0.0800. The van der Waals surface area contributed by atoms with Crippen molar-refractivity contribution >= 4 is 0 Å². The highest BCUT2D eigenvalue weighted by molar-refractivity contribution is 5.23. The average Bonchev–Trinajstić information content (AvgIpc) is 2.41. The van der Waals surface area contributed by atoms with E-state index in [1.165, 1.54) is 6.07 Å². The molecule has 0 atom stereocenters. The first-order valence-corrected chi connectivity index (χ1v) is 6.63. The topological polar surface area (TPSA) is 32.7 Å². The number of halogens is 2. The van der Waals surface area contributed by atoms with Crippen molar-refractivity contribution in [2.24, 2.45) is 0 Å². The van der Waals surface area contributed by atoms with Crippen LogP contribution in [0.15, 0.2) is 18.2 Å². The molecule has 1 aromatic carbocycles. The van der Waals surface area contributed by atoms with Gasteiger partial charge in [0.2, 0.25) is 0 Å². The highest BCUT2D eigenvalue weighted by atomic mass is 19.2. The second-order valence-corrected chi connectivity index (χ2v) is 4.85. The van der Waals surface area contributed by atoms with Gasteiger partial charge in [0.15, 0.2) is 11.6 Å². The van der Waals surface area contributed by atoms with Crippen molar-refractivity contribution in [2.75, 3.05) is 26.2 Å². The van der Waals surface area contributed by atoms with Gasteiger partial charge < -0.3 is 14.7 Å². The molecule has 3 nitrogen and oxygen atoms in total. The van der Waals surface area contributed by atoms with E-state index in [0.717, 1.165) is 51.0 Å². The number of nitrogens with zero attached hydrogens (tertiary/aromatic N) is 1. The van der Waals surface area contributed by atoms with Crippen LogP contribution in [0.1, 0.15) is 19.3 Å². The third-order valence-electron chi connectivity index (χ3n) is 3.34. The third-order valence-corrected chi connectivity index (χ3v) is 3.34. The molecule has 0 bridgehead atoms. The summed E-state index contributed by atoms with van der Waals surface area (Å²) in [6.45, 7) is 3.19. The molecule has 0 radical (unpaired) electrons. The lowest BCUT2D eigenvalue weighted by Crippen LogP contribution is -2.36. The monoisotopic (exact) mass is 271 g/mol. The predicted molar refractivity (Wildman–Crippen MR) is 68.2 cm³/mol. The summed E-state index contributed by atoms with van der Waals surface area (Å²) >= 11 is 0. The normalized spacial score (nSPS) is 17.6. The van der Waals surface area contributed by atoms with Gasteiger partial charge >= 0.3 is 0 Å². The van der Waals surface area contributed by atoms with Crippen LogP contribution in [0.3, 0.4) is 0 Å². The van der Waals surface area contributed by atoms with E-state index in [0.29, 0.717) is 12.4 Å². The van der Waals surface area contributed by atoms with Crippen LogP contribution in [0.2, 0.25) is 0 Å². The molecule has 0 saturated carbocycles. The molecule has 1 aliphatic heterocycles. The average molecular weight is 271 g/mol. The van der Waals surface area contributed by atoms with Crippen molar-refractivity contribution in [1.29, 1.82) is 0 Å². The van der Waals surface area contributed by atoms with Gasteiger partial charge in [-0.15, -0.1) is 0 Å². The number of ether oxygens (including phenoxy) is 1. The Balaban J connectivity index is 1.65. The molecule has 2 rings (SSSR count). The zero-order valence-electron chi connectivity index (χ0n) is 10.8. The fourth-order valence-corrected chi connectivity index (χ4v) is 2.19. The van der Waals surface area contributed by atoms with Crippen LogP contribution in [-0.2, 0) is 0 Å². The minimum Gasteiger partial charge on any atom is -0.493 e. The van der Waals surface area contributed by atoms with E-state index in [1.54, 1.807) is 0 Å². The summed E-state index contributed by atoms with van der Waals surface area (Å²) in [5, 5.41) is 9.38. The number of aliphatic hydroxyl groups excluding tert-OH is 1. The van der Waals surface area contributed by atoms with Crippen molar-refractivity contribution in [2.45, 2.75) is 25.4 Å². The van der Waals surface area contributed by atoms with Gasteiger partial charge in [-0.2, -0.15) is 0 Å². The van der Waals surface area contributed by atoms with Crippen LogP contribution in [0.4, 0.5) is 8.78 Å². The molecule has 1 fully saturated rings. The Labute approximate surface area is 111 Å². The molecule has 1 N–H and O–H groups in total. The van der Waals surface area contributed by atoms with Crippen LogP contribution in [-0.4, -0.2) is 42.4 Å². The summed E-state index contributed by atoms with van der Waals surface area (Å²) in [5.41, 5.74) is 0. The first-order valence-electron chi connectivity index (χ1n) is 6.63. The van der Waals surface area contributed by atoms with Gasteiger partial charge in [0.1, 0.15) is 5.75 Å². The van der Waals surface area contributed by atoms with Gasteiger partial charge in [-0.3, -0.25) is 0 Å². The quantitative estimate of drug-likeness (QED) is 0.833. The van der Waals surface area contributed by atoms with Crippen molar-refractivity contribution < 1.29 is 18.6 Å². The Kier molecular flexibility index (Phi) is 5.10. The van der Waals surface area contributed by atoms with Crippen molar-refractivity contribution in [1.82, 2.24) is 4.90 Å². The van der Waals surface area contributed by atoms with Crippen molar-refractivity contribution in [3.63, 3.8) is 0 Å². The van der Waals surface area contributed by atoms with E-state index >= 15 is 0 Å². The summed E-state index contributed by atoms with van der Waals surface area (Å²) in [4.78, 5) is 2.28. The van der Waals surface area contributed by atoms with Gasteiger partial charge in [-0.25, -0.2) is 8.78 Å². The summed E-state index contributed by atoms with van der Waals surface area (Å²) in [5.74, 6) is -1.39. The van der Waals surface area contributed by atoms with Crippen LogP contribution >= 0.6 is 0 Å². The predicted octanol–water partition coefficient (Wildman–Crippen LogP) is 2.19. The van der Waals surface area contributed by atoms with Crippen molar-refractivity contribution in [3.8, 4) is 5.75 Å². The number of benzene rings is 1. The molecule has 1 aliphatic rings.